The molecule has 1 aromatic carbocycles. The number of methoxy groups -OCH3 is 1. The summed E-state index contributed by atoms with van der Waals surface area (Å²) in [4.78, 5) is 62.8. The van der Waals surface area contributed by atoms with Crippen molar-refractivity contribution in [3.63, 3.8) is 0 Å². The second kappa shape index (κ2) is 12.0. The number of hydrogen-bond acceptors (Lipinski definition) is 8. The summed E-state index contributed by atoms with van der Waals surface area (Å²) >= 11 is 0. The average molecular weight is 594 g/mol. The number of amides is 1. The van der Waals surface area contributed by atoms with Gasteiger partial charge in [0.1, 0.15) is 5.60 Å². The minimum absolute atomic E-state index is 0.00264. The van der Waals surface area contributed by atoms with Crippen LogP contribution in [0.5, 0.6) is 0 Å². The minimum Gasteiger partial charge on any atom is -0.467 e. The quantitative estimate of drug-likeness (QED) is 0.407. The highest BCUT2D eigenvalue weighted by atomic mass is 16.5. The van der Waals surface area contributed by atoms with Gasteiger partial charge in [0.2, 0.25) is 11.7 Å². The Morgan fingerprint density at radius 2 is 1.70 bits per heavy atom. The third-order valence-electron chi connectivity index (χ3n) is 11.4. The first-order valence-corrected chi connectivity index (χ1v) is 15.5. The fourth-order valence-corrected chi connectivity index (χ4v) is 8.86. The topological polar surface area (TPSA) is 136 Å². The van der Waals surface area contributed by atoms with Crippen LogP contribution in [0.15, 0.2) is 42.0 Å². The lowest BCUT2D eigenvalue weighted by Gasteiger charge is -2.58. The largest absolute Gasteiger partial charge is 0.467 e. The summed E-state index contributed by atoms with van der Waals surface area (Å²) in [7, 11) is 1.23. The molecule has 0 unspecified atom stereocenters. The molecule has 2 N–H and O–H groups in total. The van der Waals surface area contributed by atoms with Crippen LogP contribution in [-0.2, 0) is 33.4 Å². The molecule has 4 aliphatic rings. The monoisotopic (exact) mass is 593 g/mol. The second-order valence-corrected chi connectivity index (χ2v) is 13.3. The van der Waals surface area contributed by atoms with E-state index in [1.54, 1.807) is 30.3 Å². The maximum atomic E-state index is 13.5. The highest BCUT2D eigenvalue weighted by Crippen LogP contribution is 2.67. The van der Waals surface area contributed by atoms with Gasteiger partial charge in [0.05, 0.1) is 13.5 Å². The lowest BCUT2D eigenvalue weighted by atomic mass is 9.46. The van der Waals surface area contributed by atoms with Crippen LogP contribution in [0.1, 0.15) is 89.7 Å². The van der Waals surface area contributed by atoms with E-state index in [9.17, 15) is 29.1 Å². The van der Waals surface area contributed by atoms with Gasteiger partial charge in [-0.15, -0.1) is 0 Å². The number of rotatable bonds is 9. The molecular formula is C34H43NO8. The minimum atomic E-state index is -1.58. The van der Waals surface area contributed by atoms with Crippen molar-refractivity contribution in [2.75, 3.05) is 13.7 Å². The number of fused-ring (bicyclic) bond motifs is 5. The van der Waals surface area contributed by atoms with E-state index in [1.165, 1.54) is 12.7 Å². The third-order valence-corrected chi connectivity index (χ3v) is 11.4. The highest BCUT2D eigenvalue weighted by Gasteiger charge is 2.66. The van der Waals surface area contributed by atoms with E-state index in [0.717, 1.165) is 32.1 Å². The van der Waals surface area contributed by atoms with Crippen LogP contribution in [0.4, 0.5) is 0 Å². The predicted octanol–water partition coefficient (Wildman–Crippen LogP) is 4.17. The van der Waals surface area contributed by atoms with Crippen LogP contribution in [0.2, 0.25) is 0 Å². The number of Topliss-reactive ketones (excluding diaryl/α,β-unsaturated/α-hetero) is 1. The number of ketones is 2. The molecule has 9 nitrogen and oxygen atoms in total. The molecule has 0 spiro atoms. The summed E-state index contributed by atoms with van der Waals surface area (Å²) in [5, 5.41) is 14.4. The molecule has 0 bridgehead atoms. The average Bonchev–Trinajstić information content (AvgIpc) is 3.29. The molecule has 3 fully saturated rings. The van der Waals surface area contributed by atoms with E-state index in [2.05, 4.69) is 12.2 Å². The van der Waals surface area contributed by atoms with Gasteiger partial charge >= 0.3 is 11.9 Å². The number of carbonyl (C=O) groups is 5. The number of benzene rings is 1. The molecule has 0 saturated heterocycles. The summed E-state index contributed by atoms with van der Waals surface area (Å²) in [6.07, 6.45) is 7.33. The second-order valence-electron chi connectivity index (χ2n) is 13.3. The maximum absolute atomic E-state index is 13.5. The Labute approximate surface area is 252 Å². The van der Waals surface area contributed by atoms with Crippen molar-refractivity contribution in [3.05, 3.63) is 47.5 Å². The zero-order chi connectivity index (χ0) is 31.0. The van der Waals surface area contributed by atoms with Gasteiger partial charge in [0.25, 0.3) is 0 Å². The number of ether oxygens (including phenoxy) is 2. The number of nitrogens with one attached hydrogen (secondary N) is 1. The summed E-state index contributed by atoms with van der Waals surface area (Å²) in [6, 6.07) is 7.63. The first-order valence-electron chi connectivity index (χ1n) is 15.5. The number of aliphatic hydroxyl groups is 1. The Hall–Kier alpha value is -3.33. The van der Waals surface area contributed by atoms with Crippen LogP contribution in [0, 0.1) is 28.6 Å². The van der Waals surface area contributed by atoms with Crippen molar-refractivity contribution < 1.29 is 38.6 Å². The maximum Gasteiger partial charge on any atom is 0.333 e. The standard InChI is InChI=1S/C34H43NO8/c1-32-16-13-23(36)19-22(32)9-10-24-25(32)14-17-33(2)26(24)15-18-34(33,41)27(37)20-43-29(39)12-11-28(38)35-30(31(40)42-3)21-7-5-4-6-8-21/h4-8,19,24-26,30,41H,9-18,20H2,1-3H3,(H,35,38)/t24-,25-,26-,30-,32-,33+,34-/m0/s1. The van der Waals surface area contributed by atoms with E-state index in [0.29, 0.717) is 36.7 Å². The molecule has 0 radical (unpaired) electrons. The number of hydrogen-bond donors (Lipinski definition) is 2. The van der Waals surface area contributed by atoms with Gasteiger partial charge in [-0.05, 0) is 79.8 Å². The Morgan fingerprint density at radius 1 is 0.977 bits per heavy atom. The summed E-state index contributed by atoms with van der Waals surface area (Å²) in [5.41, 5.74) is -0.361. The normalized spacial score (nSPS) is 33.6. The van der Waals surface area contributed by atoms with Crippen LogP contribution < -0.4 is 5.32 Å². The van der Waals surface area contributed by atoms with Gasteiger partial charge in [0.15, 0.2) is 18.4 Å². The molecular weight excluding hydrogens is 550 g/mol. The van der Waals surface area contributed by atoms with Crippen molar-refractivity contribution >= 4 is 29.4 Å². The molecule has 0 aliphatic heterocycles. The van der Waals surface area contributed by atoms with Crippen molar-refractivity contribution in [1.82, 2.24) is 5.32 Å². The Balaban J connectivity index is 1.16. The van der Waals surface area contributed by atoms with E-state index >= 15 is 0 Å². The molecule has 1 amide bonds. The highest BCUT2D eigenvalue weighted by molar-refractivity contribution is 5.92. The molecule has 4 aliphatic carbocycles. The zero-order valence-corrected chi connectivity index (χ0v) is 25.4. The van der Waals surface area contributed by atoms with E-state index in [4.69, 9.17) is 9.47 Å². The van der Waals surface area contributed by atoms with Crippen molar-refractivity contribution in [2.24, 2.45) is 28.6 Å². The summed E-state index contributed by atoms with van der Waals surface area (Å²) < 4.78 is 10.1. The van der Waals surface area contributed by atoms with Gasteiger partial charge in [-0.1, -0.05) is 49.8 Å². The lowest BCUT2D eigenvalue weighted by molar-refractivity contribution is -0.170. The van der Waals surface area contributed by atoms with Gasteiger partial charge < -0.3 is 19.9 Å². The van der Waals surface area contributed by atoms with Crippen molar-refractivity contribution in [2.45, 2.75) is 89.7 Å². The Bertz CT molecular complexity index is 1320. The molecule has 0 aromatic heterocycles. The van der Waals surface area contributed by atoms with E-state index < -0.39 is 47.3 Å². The summed E-state index contributed by atoms with van der Waals surface area (Å²) in [6.45, 7) is 3.77. The third kappa shape index (κ3) is 5.56. The first kappa shape index (κ1) is 31.1. The molecule has 1 aromatic rings. The zero-order valence-electron chi connectivity index (χ0n) is 25.4. The van der Waals surface area contributed by atoms with Crippen molar-refractivity contribution in [3.8, 4) is 0 Å². The van der Waals surface area contributed by atoms with Crippen LogP contribution >= 0.6 is 0 Å². The Morgan fingerprint density at radius 3 is 2.42 bits per heavy atom. The number of esters is 2. The van der Waals surface area contributed by atoms with Gasteiger partial charge in [-0.25, -0.2) is 4.79 Å². The smallest absolute Gasteiger partial charge is 0.333 e. The SMILES string of the molecule is COC(=O)[C@@H](NC(=O)CCC(=O)OCC(=O)[C@@]1(O)CC[C@H]2[C@H]3CCC4=CC(=O)CC[C@]4(C)[C@H]3CC[C@]21C)c1ccccc1. The van der Waals surface area contributed by atoms with E-state index in [-0.39, 0.29) is 30.0 Å². The Kier molecular flexibility index (Phi) is 8.67. The molecule has 9 heteroatoms. The molecule has 232 valence electrons. The van der Waals surface area contributed by atoms with Crippen LogP contribution in [-0.4, -0.2) is 53.8 Å². The molecule has 3 saturated carbocycles. The summed E-state index contributed by atoms with van der Waals surface area (Å²) in [5.74, 6) is -1.17. The lowest BCUT2D eigenvalue weighted by Crippen LogP contribution is -2.58. The predicted molar refractivity (Wildman–Crippen MR) is 156 cm³/mol. The van der Waals surface area contributed by atoms with E-state index in [1.807, 2.05) is 13.0 Å². The van der Waals surface area contributed by atoms with Gasteiger partial charge in [-0.3, -0.25) is 19.2 Å². The fourth-order valence-electron chi connectivity index (χ4n) is 8.86. The first-order chi connectivity index (χ1) is 20.4. The van der Waals surface area contributed by atoms with Crippen molar-refractivity contribution in [1.29, 1.82) is 0 Å². The van der Waals surface area contributed by atoms with Crippen LogP contribution in [0.3, 0.4) is 0 Å². The molecule has 5 rings (SSSR count). The molecule has 0 heterocycles. The number of carbonyl (C=O) groups excluding carboxylic acids is 5. The molecule has 7 atom stereocenters. The van der Waals surface area contributed by atoms with Gasteiger partial charge in [0, 0.05) is 18.3 Å². The van der Waals surface area contributed by atoms with Gasteiger partial charge in [-0.2, -0.15) is 0 Å². The van der Waals surface area contributed by atoms with Crippen LogP contribution in [0.25, 0.3) is 0 Å². The fraction of sp³-hybridized carbons (Fsp3) is 0.618. The molecule has 43 heavy (non-hydrogen) atoms. The number of allylic oxidation sites excluding steroid dienone is 1.